The topological polar surface area (TPSA) is 12.0 Å². The van der Waals surface area contributed by atoms with Gasteiger partial charge in [-0.2, -0.15) is 0 Å². The summed E-state index contributed by atoms with van der Waals surface area (Å²) >= 11 is 9.62. The molecule has 0 fully saturated rings. The molecule has 1 aromatic rings. The Labute approximate surface area is 124 Å². The third-order valence-corrected chi connectivity index (χ3v) is 3.73. The van der Waals surface area contributed by atoms with Gasteiger partial charge in [0.15, 0.2) is 0 Å². The maximum Gasteiger partial charge on any atom is 0.0501 e. The van der Waals surface area contributed by atoms with E-state index in [1.165, 1.54) is 12.8 Å². The molecular weight excluding hydrogens is 310 g/mol. The van der Waals surface area contributed by atoms with Crippen LogP contribution in [-0.2, 0) is 0 Å². The molecule has 0 spiro atoms. The molecule has 0 aliphatic carbocycles. The summed E-state index contributed by atoms with van der Waals surface area (Å²) in [6.45, 7) is 9.06. The molecule has 0 bridgehead atoms. The van der Waals surface area contributed by atoms with Gasteiger partial charge >= 0.3 is 0 Å². The standard InChI is InChI=1S/C15H23BrClN/c1-10(2)7-13(8-11(3)4)18-15-9-12(17)5-6-14(15)16/h5-6,9-11,13,18H,7-8H2,1-4H3. The molecule has 0 heterocycles. The van der Waals surface area contributed by atoms with Gasteiger partial charge in [0.1, 0.15) is 0 Å². The maximum atomic E-state index is 6.05. The first-order valence-corrected chi connectivity index (χ1v) is 7.77. The Morgan fingerprint density at radius 2 is 1.67 bits per heavy atom. The molecule has 1 N–H and O–H groups in total. The summed E-state index contributed by atoms with van der Waals surface area (Å²) in [5.74, 6) is 1.39. The van der Waals surface area contributed by atoms with Gasteiger partial charge in [-0.1, -0.05) is 39.3 Å². The Morgan fingerprint density at radius 3 is 2.17 bits per heavy atom. The van der Waals surface area contributed by atoms with Gasteiger partial charge in [0.2, 0.25) is 0 Å². The van der Waals surface area contributed by atoms with E-state index < -0.39 is 0 Å². The van der Waals surface area contributed by atoms with Gasteiger partial charge in [-0.15, -0.1) is 0 Å². The zero-order valence-electron chi connectivity index (χ0n) is 11.6. The molecule has 0 aromatic heterocycles. The lowest BCUT2D eigenvalue weighted by molar-refractivity contribution is 0.442. The predicted octanol–water partition coefficient (Wildman–Crippen LogP) is 5.98. The van der Waals surface area contributed by atoms with Crippen molar-refractivity contribution in [2.24, 2.45) is 11.8 Å². The highest BCUT2D eigenvalue weighted by Gasteiger charge is 2.14. The van der Waals surface area contributed by atoms with E-state index in [-0.39, 0.29) is 0 Å². The Morgan fingerprint density at radius 1 is 1.11 bits per heavy atom. The first-order chi connectivity index (χ1) is 8.38. The summed E-state index contributed by atoms with van der Waals surface area (Å²) in [7, 11) is 0. The number of rotatable bonds is 6. The Kier molecular flexibility index (Phi) is 6.51. The highest BCUT2D eigenvalue weighted by atomic mass is 79.9. The van der Waals surface area contributed by atoms with E-state index in [2.05, 4.69) is 48.9 Å². The average molecular weight is 333 g/mol. The second kappa shape index (κ2) is 7.40. The van der Waals surface area contributed by atoms with Crippen LogP contribution < -0.4 is 5.32 Å². The van der Waals surface area contributed by atoms with E-state index in [1.807, 2.05) is 18.2 Å². The first-order valence-electron chi connectivity index (χ1n) is 6.60. The molecule has 18 heavy (non-hydrogen) atoms. The molecule has 1 aromatic carbocycles. The van der Waals surface area contributed by atoms with Crippen LogP contribution in [0.25, 0.3) is 0 Å². The van der Waals surface area contributed by atoms with Crippen LogP contribution in [-0.4, -0.2) is 6.04 Å². The summed E-state index contributed by atoms with van der Waals surface area (Å²) in [5.41, 5.74) is 1.09. The number of anilines is 1. The third kappa shape index (κ3) is 5.62. The quantitative estimate of drug-likeness (QED) is 0.676. The normalized spacial score (nSPS) is 11.6. The van der Waals surface area contributed by atoms with Crippen molar-refractivity contribution in [2.75, 3.05) is 5.32 Å². The minimum Gasteiger partial charge on any atom is -0.381 e. The van der Waals surface area contributed by atoms with Crippen molar-refractivity contribution in [1.82, 2.24) is 0 Å². The summed E-state index contributed by atoms with van der Waals surface area (Å²) in [5, 5.41) is 4.39. The number of benzene rings is 1. The van der Waals surface area contributed by atoms with E-state index in [9.17, 15) is 0 Å². The summed E-state index contributed by atoms with van der Waals surface area (Å²) in [6, 6.07) is 6.38. The number of hydrogen-bond acceptors (Lipinski definition) is 1. The lowest BCUT2D eigenvalue weighted by Crippen LogP contribution is -2.23. The van der Waals surface area contributed by atoms with E-state index in [0.717, 1.165) is 15.2 Å². The number of halogens is 2. The van der Waals surface area contributed by atoms with Crippen LogP contribution in [0, 0.1) is 11.8 Å². The van der Waals surface area contributed by atoms with Crippen LogP contribution in [0.5, 0.6) is 0 Å². The molecule has 3 heteroatoms. The molecule has 0 aliphatic rings. The van der Waals surface area contributed by atoms with Gasteiger partial charge in [-0.3, -0.25) is 0 Å². The zero-order valence-corrected chi connectivity index (χ0v) is 14.0. The SMILES string of the molecule is CC(C)CC(CC(C)C)Nc1cc(Cl)ccc1Br. The maximum absolute atomic E-state index is 6.05. The first kappa shape index (κ1) is 15.8. The predicted molar refractivity (Wildman–Crippen MR) is 85.5 cm³/mol. The molecule has 0 amide bonds. The summed E-state index contributed by atoms with van der Waals surface area (Å²) in [4.78, 5) is 0. The lowest BCUT2D eigenvalue weighted by atomic mass is 9.95. The van der Waals surface area contributed by atoms with Crippen molar-refractivity contribution in [3.05, 3.63) is 27.7 Å². The summed E-state index contributed by atoms with van der Waals surface area (Å²) in [6.07, 6.45) is 2.36. The van der Waals surface area contributed by atoms with Crippen LogP contribution in [0.4, 0.5) is 5.69 Å². The van der Waals surface area contributed by atoms with Gasteiger partial charge in [-0.25, -0.2) is 0 Å². The van der Waals surface area contributed by atoms with Crippen molar-refractivity contribution in [2.45, 2.75) is 46.6 Å². The fraction of sp³-hybridized carbons (Fsp3) is 0.600. The fourth-order valence-electron chi connectivity index (χ4n) is 2.18. The van der Waals surface area contributed by atoms with Crippen LogP contribution >= 0.6 is 27.5 Å². The van der Waals surface area contributed by atoms with Crippen molar-refractivity contribution in [1.29, 1.82) is 0 Å². The molecule has 1 nitrogen and oxygen atoms in total. The van der Waals surface area contributed by atoms with Gasteiger partial charge < -0.3 is 5.32 Å². The smallest absolute Gasteiger partial charge is 0.0501 e. The summed E-state index contributed by atoms with van der Waals surface area (Å²) < 4.78 is 1.07. The van der Waals surface area contributed by atoms with E-state index in [1.54, 1.807) is 0 Å². The molecule has 0 aliphatic heterocycles. The van der Waals surface area contributed by atoms with Crippen molar-refractivity contribution in [3.63, 3.8) is 0 Å². The van der Waals surface area contributed by atoms with Crippen molar-refractivity contribution in [3.8, 4) is 0 Å². The minimum absolute atomic E-state index is 0.500. The lowest BCUT2D eigenvalue weighted by Gasteiger charge is -2.24. The Balaban J connectivity index is 2.77. The molecule has 102 valence electrons. The molecule has 0 unspecified atom stereocenters. The molecule has 0 radical (unpaired) electrons. The van der Waals surface area contributed by atoms with Crippen LogP contribution in [0.15, 0.2) is 22.7 Å². The van der Waals surface area contributed by atoms with Crippen LogP contribution in [0.3, 0.4) is 0 Å². The molecular formula is C15H23BrClN. The Hall–Kier alpha value is -0.210. The van der Waals surface area contributed by atoms with Crippen molar-refractivity contribution < 1.29 is 0 Å². The highest BCUT2D eigenvalue weighted by molar-refractivity contribution is 9.10. The molecule has 0 saturated heterocycles. The second-order valence-corrected chi connectivity index (χ2v) is 7.02. The second-order valence-electron chi connectivity index (χ2n) is 5.72. The van der Waals surface area contributed by atoms with E-state index >= 15 is 0 Å². The molecule has 1 rings (SSSR count). The molecule has 0 saturated carbocycles. The van der Waals surface area contributed by atoms with Gasteiger partial charge in [0.05, 0.1) is 5.69 Å². The van der Waals surface area contributed by atoms with Gasteiger partial charge in [0, 0.05) is 15.5 Å². The van der Waals surface area contributed by atoms with E-state index in [4.69, 9.17) is 11.6 Å². The largest absolute Gasteiger partial charge is 0.381 e. The van der Waals surface area contributed by atoms with Gasteiger partial charge in [0.25, 0.3) is 0 Å². The number of hydrogen-bond donors (Lipinski definition) is 1. The average Bonchev–Trinajstić information content (AvgIpc) is 2.21. The van der Waals surface area contributed by atoms with Crippen molar-refractivity contribution >= 4 is 33.2 Å². The Bertz CT molecular complexity index is 367. The minimum atomic E-state index is 0.500. The third-order valence-electron chi connectivity index (χ3n) is 2.80. The zero-order chi connectivity index (χ0) is 13.7. The molecule has 0 atom stereocenters. The monoisotopic (exact) mass is 331 g/mol. The van der Waals surface area contributed by atoms with Gasteiger partial charge in [-0.05, 0) is 58.8 Å². The van der Waals surface area contributed by atoms with Crippen LogP contribution in [0.1, 0.15) is 40.5 Å². The highest BCUT2D eigenvalue weighted by Crippen LogP contribution is 2.28. The van der Waals surface area contributed by atoms with E-state index in [0.29, 0.717) is 17.9 Å². The van der Waals surface area contributed by atoms with Crippen LogP contribution in [0.2, 0.25) is 5.02 Å². The number of nitrogens with one attached hydrogen (secondary N) is 1. The fourth-order valence-corrected chi connectivity index (χ4v) is 2.71.